The molecule has 0 radical (unpaired) electrons. The van der Waals surface area contributed by atoms with E-state index in [4.69, 9.17) is 5.11 Å². The fraction of sp³-hybridized carbons (Fsp3) is 0.667. The highest BCUT2D eigenvalue weighted by Gasteiger charge is 2.17. The maximum absolute atomic E-state index is 10.6. The van der Waals surface area contributed by atoms with Gasteiger partial charge in [-0.05, 0) is 95.8 Å². The van der Waals surface area contributed by atoms with Crippen LogP contribution in [0.4, 0.5) is 0 Å². The molecule has 0 spiro atoms. The number of carbonyl (C=O) groups is 1. The van der Waals surface area contributed by atoms with Crippen LogP contribution in [0, 0.1) is 41.4 Å². The Hall–Kier alpha value is -2.09. The van der Waals surface area contributed by atoms with E-state index in [-0.39, 0.29) is 0 Å². The summed E-state index contributed by atoms with van der Waals surface area (Å²) in [5.41, 5.74) is 6.01. The SMILES string of the molecule is CC(C)CCC(CC(=O)O)C(C)C.CC(C)Cc1ccc(CC(C)C)cc1.CC(C)Cc1ccccc1CC(C)C. The molecule has 0 amide bonds. The van der Waals surface area contributed by atoms with Gasteiger partial charge in [0.1, 0.15) is 0 Å². The Balaban J connectivity index is 0.000000586. The minimum absolute atomic E-state index is 0.324. The molecule has 0 fully saturated rings. The van der Waals surface area contributed by atoms with E-state index in [0.29, 0.717) is 24.2 Å². The van der Waals surface area contributed by atoms with E-state index in [1.165, 1.54) is 47.9 Å². The standard InChI is InChI=1S/2C14H22.C11H22O2/c1-11(2)9-13-5-7-14(8-6-13)10-12(3)4;1-11(2)9-13-7-5-6-8-14(13)10-12(3)4;1-8(2)5-6-10(9(3)4)7-11(12)13/h2*5-8,11-12H,9-10H2,1-4H3;8-10H,5-7H2,1-4H3,(H,12,13). The second kappa shape index (κ2) is 21.6. The summed E-state index contributed by atoms with van der Waals surface area (Å²) in [5, 5.41) is 8.70. The van der Waals surface area contributed by atoms with Crippen molar-refractivity contribution in [3.63, 3.8) is 0 Å². The van der Waals surface area contributed by atoms with Crippen molar-refractivity contribution in [2.45, 2.75) is 128 Å². The first-order chi connectivity index (χ1) is 19.1. The van der Waals surface area contributed by atoms with E-state index in [9.17, 15) is 4.79 Å². The van der Waals surface area contributed by atoms with Crippen LogP contribution in [0.5, 0.6) is 0 Å². The predicted molar refractivity (Wildman–Crippen MR) is 182 cm³/mol. The van der Waals surface area contributed by atoms with E-state index in [0.717, 1.165) is 36.5 Å². The van der Waals surface area contributed by atoms with Crippen LogP contribution in [-0.4, -0.2) is 11.1 Å². The molecule has 2 aromatic carbocycles. The summed E-state index contributed by atoms with van der Waals surface area (Å²) in [6.45, 7) is 26.8. The minimum atomic E-state index is -0.664. The lowest BCUT2D eigenvalue weighted by Gasteiger charge is -2.19. The van der Waals surface area contributed by atoms with E-state index in [1.54, 1.807) is 0 Å². The molecule has 0 aromatic heterocycles. The molecule has 234 valence electrons. The van der Waals surface area contributed by atoms with Crippen LogP contribution in [0.25, 0.3) is 0 Å². The first-order valence-corrected chi connectivity index (χ1v) is 16.5. The van der Waals surface area contributed by atoms with Gasteiger partial charge in [0.15, 0.2) is 0 Å². The van der Waals surface area contributed by atoms with Gasteiger partial charge in [-0.2, -0.15) is 0 Å². The van der Waals surface area contributed by atoms with E-state index in [2.05, 4.69) is 132 Å². The number of carboxylic acid groups (broad SMARTS) is 1. The molecule has 0 saturated carbocycles. The lowest BCUT2D eigenvalue weighted by molar-refractivity contribution is -0.138. The van der Waals surface area contributed by atoms with Crippen LogP contribution in [0.15, 0.2) is 48.5 Å². The van der Waals surface area contributed by atoms with Gasteiger partial charge in [0, 0.05) is 6.42 Å². The van der Waals surface area contributed by atoms with Gasteiger partial charge in [0.05, 0.1) is 0 Å². The van der Waals surface area contributed by atoms with Gasteiger partial charge in [0.25, 0.3) is 0 Å². The third kappa shape index (κ3) is 21.3. The summed E-state index contributed by atoms with van der Waals surface area (Å²) in [6, 6.07) is 18.0. The summed E-state index contributed by atoms with van der Waals surface area (Å²) in [4.78, 5) is 10.6. The molecule has 41 heavy (non-hydrogen) atoms. The molecular weight excluding hydrogens is 500 g/mol. The number of hydrogen-bond acceptors (Lipinski definition) is 1. The zero-order valence-electron chi connectivity index (χ0n) is 29.0. The van der Waals surface area contributed by atoms with Crippen molar-refractivity contribution in [2.24, 2.45) is 41.4 Å². The molecule has 0 heterocycles. The monoisotopic (exact) mass is 567 g/mol. The van der Waals surface area contributed by atoms with Crippen molar-refractivity contribution in [3.05, 3.63) is 70.8 Å². The molecule has 0 aliphatic carbocycles. The number of hydrogen-bond donors (Lipinski definition) is 1. The third-order valence-corrected chi connectivity index (χ3v) is 7.18. The van der Waals surface area contributed by atoms with Crippen LogP contribution in [0.3, 0.4) is 0 Å². The zero-order chi connectivity index (χ0) is 31.5. The van der Waals surface area contributed by atoms with E-state index >= 15 is 0 Å². The second-order valence-electron chi connectivity index (χ2n) is 14.6. The second-order valence-corrected chi connectivity index (χ2v) is 14.6. The molecule has 0 aliphatic rings. The van der Waals surface area contributed by atoms with Crippen LogP contribution in [-0.2, 0) is 30.5 Å². The number of aliphatic carboxylic acids is 1. The highest BCUT2D eigenvalue weighted by Crippen LogP contribution is 2.23. The summed E-state index contributed by atoms with van der Waals surface area (Å²) < 4.78 is 0. The first-order valence-electron chi connectivity index (χ1n) is 16.5. The van der Waals surface area contributed by atoms with Crippen LogP contribution in [0.2, 0.25) is 0 Å². The molecule has 2 heteroatoms. The van der Waals surface area contributed by atoms with Crippen molar-refractivity contribution >= 4 is 5.97 Å². The highest BCUT2D eigenvalue weighted by molar-refractivity contribution is 5.67. The number of benzene rings is 2. The molecular formula is C39H66O2. The minimum Gasteiger partial charge on any atom is -0.481 e. The Bertz CT molecular complexity index is 861. The fourth-order valence-corrected chi connectivity index (χ4v) is 5.03. The normalized spacial score (nSPS) is 12.0. The van der Waals surface area contributed by atoms with Gasteiger partial charge in [-0.25, -0.2) is 0 Å². The van der Waals surface area contributed by atoms with E-state index < -0.39 is 5.97 Å². The van der Waals surface area contributed by atoms with Gasteiger partial charge in [-0.3, -0.25) is 4.79 Å². The summed E-state index contributed by atoms with van der Waals surface area (Å²) in [6.07, 6.45) is 7.32. The zero-order valence-corrected chi connectivity index (χ0v) is 29.0. The average Bonchev–Trinajstić information content (AvgIpc) is 2.83. The maximum atomic E-state index is 10.6. The Kier molecular flexibility index (Phi) is 20.5. The third-order valence-electron chi connectivity index (χ3n) is 7.18. The van der Waals surface area contributed by atoms with Gasteiger partial charge < -0.3 is 5.11 Å². The maximum Gasteiger partial charge on any atom is 0.303 e. The number of rotatable bonds is 14. The van der Waals surface area contributed by atoms with Gasteiger partial charge in [-0.15, -0.1) is 0 Å². The van der Waals surface area contributed by atoms with Crippen molar-refractivity contribution in [1.82, 2.24) is 0 Å². The summed E-state index contributed by atoms with van der Waals surface area (Å²) in [7, 11) is 0. The number of carboxylic acids is 1. The molecule has 0 bridgehead atoms. The van der Waals surface area contributed by atoms with Gasteiger partial charge >= 0.3 is 5.97 Å². The Morgan fingerprint density at radius 3 is 1.17 bits per heavy atom. The summed E-state index contributed by atoms with van der Waals surface area (Å²) in [5.74, 6) is 3.86. The molecule has 2 rings (SSSR count). The predicted octanol–water partition coefficient (Wildman–Crippen LogP) is 11.3. The molecule has 1 N–H and O–H groups in total. The van der Waals surface area contributed by atoms with E-state index in [1.807, 2.05) is 0 Å². The van der Waals surface area contributed by atoms with Crippen LogP contribution >= 0.6 is 0 Å². The largest absolute Gasteiger partial charge is 0.481 e. The molecule has 2 nitrogen and oxygen atoms in total. The highest BCUT2D eigenvalue weighted by atomic mass is 16.4. The topological polar surface area (TPSA) is 37.3 Å². The first kappa shape index (κ1) is 38.9. The van der Waals surface area contributed by atoms with Crippen molar-refractivity contribution in [1.29, 1.82) is 0 Å². The smallest absolute Gasteiger partial charge is 0.303 e. The molecule has 0 aliphatic heterocycles. The average molecular weight is 567 g/mol. The van der Waals surface area contributed by atoms with Gasteiger partial charge in [-0.1, -0.05) is 138 Å². The Labute approximate surface area is 255 Å². The Morgan fingerprint density at radius 1 is 0.537 bits per heavy atom. The molecule has 0 saturated heterocycles. The quantitative estimate of drug-likeness (QED) is 0.247. The fourth-order valence-electron chi connectivity index (χ4n) is 5.03. The van der Waals surface area contributed by atoms with Crippen molar-refractivity contribution in [2.75, 3.05) is 0 Å². The Morgan fingerprint density at radius 2 is 0.902 bits per heavy atom. The van der Waals surface area contributed by atoms with Crippen molar-refractivity contribution in [3.8, 4) is 0 Å². The van der Waals surface area contributed by atoms with Crippen molar-refractivity contribution < 1.29 is 9.90 Å². The lowest BCUT2D eigenvalue weighted by atomic mass is 9.86. The lowest BCUT2D eigenvalue weighted by Crippen LogP contribution is -2.14. The van der Waals surface area contributed by atoms with Crippen LogP contribution in [0.1, 0.15) is 125 Å². The van der Waals surface area contributed by atoms with Crippen LogP contribution < -0.4 is 0 Å². The molecule has 1 unspecified atom stereocenters. The van der Waals surface area contributed by atoms with Gasteiger partial charge in [0.2, 0.25) is 0 Å². The summed E-state index contributed by atoms with van der Waals surface area (Å²) >= 11 is 0. The molecule has 1 atom stereocenters. The molecule has 2 aromatic rings.